The summed E-state index contributed by atoms with van der Waals surface area (Å²) >= 11 is 0. The topological polar surface area (TPSA) is 42.2 Å². The number of pyridine rings is 1. The van der Waals surface area contributed by atoms with E-state index in [0.29, 0.717) is 0 Å². The minimum Gasteiger partial charge on any atom is -0.358 e. The second kappa shape index (κ2) is 4.72. The van der Waals surface area contributed by atoms with Crippen molar-refractivity contribution in [3.8, 4) is 0 Å². The van der Waals surface area contributed by atoms with Gasteiger partial charge in [0.1, 0.15) is 5.82 Å². The fraction of sp³-hybridized carbons (Fsp3) is 0.357. The van der Waals surface area contributed by atoms with Crippen LogP contribution in [0.2, 0.25) is 0 Å². The zero-order chi connectivity index (χ0) is 12.4. The van der Waals surface area contributed by atoms with Crippen molar-refractivity contribution in [3.63, 3.8) is 0 Å². The molecule has 0 aliphatic rings. The van der Waals surface area contributed by atoms with E-state index >= 15 is 0 Å². The van der Waals surface area contributed by atoms with Crippen molar-refractivity contribution < 1.29 is 0 Å². The fourth-order valence-corrected chi connectivity index (χ4v) is 1.97. The Kier molecular flexibility index (Phi) is 3.29. The number of aromatic nitrogens is 1. The number of likely N-dealkylation sites (N-methyl/N-ethyl adjacent to an activating group) is 1. The van der Waals surface area contributed by atoms with Crippen molar-refractivity contribution in [1.82, 2.24) is 4.98 Å². The minimum absolute atomic E-state index is 0.149. The molecule has 0 radical (unpaired) electrons. The van der Waals surface area contributed by atoms with Crippen molar-refractivity contribution in [2.75, 3.05) is 18.5 Å². The minimum atomic E-state index is 0.149. The summed E-state index contributed by atoms with van der Waals surface area (Å²) in [5, 5.41) is 1.18. The SMILES string of the molecule is Cc1ccc2nc(N(C)CC(C)N)ccc2c1. The molecule has 0 bridgehead atoms. The van der Waals surface area contributed by atoms with Crippen LogP contribution in [0.3, 0.4) is 0 Å². The van der Waals surface area contributed by atoms with Gasteiger partial charge in [0.05, 0.1) is 5.52 Å². The summed E-state index contributed by atoms with van der Waals surface area (Å²) in [6.07, 6.45) is 0. The van der Waals surface area contributed by atoms with E-state index in [1.54, 1.807) is 0 Å². The van der Waals surface area contributed by atoms with Crippen LogP contribution in [0.5, 0.6) is 0 Å². The van der Waals surface area contributed by atoms with E-state index in [9.17, 15) is 0 Å². The third-order valence-corrected chi connectivity index (χ3v) is 2.78. The zero-order valence-corrected chi connectivity index (χ0v) is 10.6. The highest BCUT2D eigenvalue weighted by molar-refractivity contribution is 5.81. The van der Waals surface area contributed by atoms with Crippen LogP contribution in [0, 0.1) is 6.92 Å². The Labute approximate surface area is 102 Å². The van der Waals surface area contributed by atoms with Crippen LogP contribution in [0.1, 0.15) is 12.5 Å². The summed E-state index contributed by atoms with van der Waals surface area (Å²) < 4.78 is 0. The summed E-state index contributed by atoms with van der Waals surface area (Å²) in [7, 11) is 2.02. The van der Waals surface area contributed by atoms with Crippen LogP contribution >= 0.6 is 0 Å². The molecule has 0 aliphatic carbocycles. The van der Waals surface area contributed by atoms with Gasteiger partial charge < -0.3 is 10.6 Å². The highest BCUT2D eigenvalue weighted by atomic mass is 15.2. The number of nitrogens with two attached hydrogens (primary N) is 1. The lowest BCUT2D eigenvalue weighted by molar-refractivity contribution is 0.713. The largest absolute Gasteiger partial charge is 0.358 e. The molecule has 1 aromatic heterocycles. The highest BCUT2D eigenvalue weighted by Gasteiger charge is 2.05. The van der Waals surface area contributed by atoms with Crippen molar-refractivity contribution in [2.45, 2.75) is 19.9 Å². The first-order chi connectivity index (χ1) is 8.06. The van der Waals surface area contributed by atoms with Gasteiger partial charge >= 0.3 is 0 Å². The number of aryl methyl sites for hydroxylation is 1. The molecule has 0 saturated carbocycles. The first-order valence-electron chi connectivity index (χ1n) is 5.90. The standard InChI is InChI=1S/C14H19N3/c1-10-4-6-13-12(8-10)5-7-14(16-13)17(3)9-11(2)15/h4-8,11H,9,15H2,1-3H3. The average Bonchev–Trinajstić information content (AvgIpc) is 2.27. The van der Waals surface area contributed by atoms with E-state index < -0.39 is 0 Å². The van der Waals surface area contributed by atoms with Crippen LogP contribution in [0.25, 0.3) is 10.9 Å². The molecule has 0 amide bonds. The van der Waals surface area contributed by atoms with E-state index in [1.807, 2.05) is 20.0 Å². The second-order valence-corrected chi connectivity index (χ2v) is 4.72. The maximum atomic E-state index is 5.79. The molecule has 0 spiro atoms. The summed E-state index contributed by atoms with van der Waals surface area (Å²) in [5.74, 6) is 0.971. The van der Waals surface area contributed by atoms with Gasteiger partial charge in [-0.15, -0.1) is 0 Å². The molecule has 1 atom stereocenters. The third kappa shape index (κ3) is 2.74. The Morgan fingerprint density at radius 1 is 1.29 bits per heavy atom. The predicted molar refractivity (Wildman–Crippen MR) is 73.4 cm³/mol. The van der Waals surface area contributed by atoms with Gasteiger partial charge in [-0.1, -0.05) is 11.6 Å². The van der Waals surface area contributed by atoms with E-state index in [4.69, 9.17) is 5.73 Å². The molecule has 1 heterocycles. The van der Waals surface area contributed by atoms with Crippen LogP contribution in [0.15, 0.2) is 30.3 Å². The van der Waals surface area contributed by atoms with E-state index in [0.717, 1.165) is 17.9 Å². The summed E-state index contributed by atoms with van der Waals surface area (Å²) in [6, 6.07) is 10.6. The molecule has 90 valence electrons. The van der Waals surface area contributed by atoms with E-state index in [1.165, 1.54) is 10.9 Å². The molecule has 2 rings (SSSR count). The van der Waals surface area contributed by atoms with Crippen LogP contribution in [-0.2, 0) is 0 Å². The normalized spacial score (nSPS) is 12.7. The van der Waals surface area contributed by atoms with Crippen LogP contribution in [-0.4, -0.2) is 24.6 Å². The average molecular weight is 229 g/mol. The zero-order valence-electron chi connectivity index (χ0n) is 10.6. The molecule has 2 N–H and O–H groups in total. The van der Waals surface area contributed by atoms with Gasteiger partial charge in [-0.05, 0) is 38.1 Å². The maximum absolute atomic E-state index is 5.79. The number of nitrogens with zero attached hydrogens (tertiary/aromatic N) is 2. The smallest absolute Gasteiger partial charge is 0.129 e. The van der Waals surface area contributed by atoms with Gasteiger partial charge in [0.15, 0.2) is 0 Å². The van der Waals surface area contributed by atoms with Gasteiger partial charge in [0, 0.05) is 25.0 Å². The molecule has 0 aliphatic heterocycles. The highest BCUT2D eigenvalue weighted by Crippen LogP contribution is 2.18. The van der Waals surface area contributed by atoms with Crippen molar-refractivity contribution in [2.24, 2.45) is 5.73 Å². The van der Waals surface area contributed by atoms with Gasteiger partial charge in [-0.25, -0.2) is 4.98 Å². The molecule has 2 aromatic rings. The predicted octanol–water partition coefficient (Wildman–Crippen LogP) is 2.33. The Hall–Kier alpha value is -1.61. The Bertz CT molecular complexity index is 520. The molecular weight excluding hydrogens is 210 g/mol. The molecule has 1 unspecified atom stereocenters. The maximum Gasteiger partial charge on any atom is 0.129 e. The Morgan fingerprint density at radius 2 is 2.06 bits per heavy atom. The van der Waals surface area contributed by atoms with Gasteiger partial charge in [0.2, 0.25) is 0 Å². The number of rotatable bonds is 3. The first kappa shape index (κ1) is 11.9. The van der Waals surface area contributed by atoms with Crippen molar-refractivity contribution in [1.29, 1.82) is 0 Å². The molecule has 0 saturated heterocycles. The monoisotopic (exact) mass is 229 g/mol. The molecule has 0 fully saturated rings. The lowest BCUT2D eigenvalue weighted by atomic mass is 10.1. The van der Waals surface area contributed by atoms with Crippen LogP contribution in [0.4, 0.5) is 5.82 Å². The fourth-order valence-electron chi connectivity index (χ4n) is 1.97. The quantitative estimate of drug-likeness (QED) is 0.878. The molecule has 17 heavy (non-hydrogen) atoms. The number of anilines is 1. The second-order valence-electron chi connectivity index (χ2n) is 4.72. The first-order valence-corrected chi connectivity index (χ1v) is 5.90. The van der Waals surface area contributed by atoms with Gasteiger partial charge in [0.25, 0.3) is 0 Å². The number of hydrogen-bond donors (Lipinski definition) is 1. The van der Waals surface area contributed by atoms with Gasteiger partial charge in [-0.3, -0.25) is 0 Å². The molecular formula is C14H19N3. The Morgan fingerprint density at radius 3 is 2.76 bits per heavy atom. The molecule has 1 aromatic carbocycles. The third-order valence-electron chi connectivity index (χ3n) is 2.78. The summed E-state index contributed by atoms with van der Waals surface area (Å²) in [5.41, 5.74) is 8.09. The number of fused-ring (bicyclic) bond motifs is 1. The molecule has 3 nitrogen and oxygen atoms in total. The summed E-state index contributed by atoms with van der Waals surface area (Å²) in [4.78, 5) is 6.73. The van der Waals surface area contributed by atoms with Gasteiger partial charge in [-0.2, -0.15) is 0 Å². The number of benzene rings is 1. The van der Waals surface area contributed by atoms with E-state index in [-0.39, 0.29) is 6.04 Å². The number of hydrogen-bond acceptors (Lipinski definition) is 3. The lowest BCUT2D eigenvalue weighted by Crippen LogP contribution is -2.33. The lowest BCUT2D eigenvalue weighted by Gasteiger charge is -2.20. The Balaban J connectivity index is 2.34. The molecule has 3 heteroatoms. The van der Waals surface area contributed by atoms with Crippen molar-refractivity contribution in [3.05, 3.63) is 35.9 Å². The van der Waals surface area contributed by atoms with Crippen molar-refractivity contribution >= 4 is 16.7 Å². The van der Waals surface area contributed by atoms with Crippen LogP contribution < -0.4 is 10.6 Å². The van der Waals surface area contributed by atoms with E-state index in [2.05, 4.69) is 41.1 Å². The summed E-state index contributed by atoms with van der Waals surface area (Å²) in [6.45, 7) is 4.90.